The maximum atomic E-state index is 12.8. The first-order valence-electron chi connectivity index (χ1n) is 9.88. The monoisotopic (exact) mass is 417 g/mol. The number of ketones is 1. The zero-order valence-corrected chi connectivity index (χ0v) is 17.0. The number of phenols is 1. The normalized spacial score (nSPS) is 12.5. The first kappa shape index (κ1) is 21.8. The van der Waals surface area contributed by atoms with E-state index in [-0.39, 0.29) is 29.9 Å². The average Bonchev–Trinajstić information content (AvgIpc) is 2.80. The predicted molar refractivity (Wildman–Crippen MR) is 116 cm³/mol. The lowest BCUT2D eigenvalue weighted by Crippen LogP contribution is -2.55. The summed E-state index contributed by atoms with van der Waals surface area (Å²) in [6.45, 7) is 1.69. The molecule has 6 nitrogen and oxygen atoms in total. The maximum absolute atomic E-state index is 12.8. The van der Waals surface area contributed by atoms with Gasteiger partial charge in [-0.2, -0.15) is 0 Å². The van der Waals surface area contributed by atoms with Gasteiger partial charge in [0.1, 0.15) is 11.3 Å². The maximum Gasteiger partial charge on any atom is 0.329 e. The second-order valence-corrected chi connectivity index (χ2v) is 7.31. The summed E-state index contributed by atoms with van der Waals surface area (Å²) in [7, 11) is 0. The number of nitrogens with one attached hydrogen (secondary N) is 1. The van der Waals surface area contributed by atoms with Crippen LogP contribution < -0.4 is 5.32 Å². The van der Waals surface area contributed by atoms with Gasteiger partial charge in [0.25, 0.3) is 5.91 Å². The summed E-state index contributed by atoms with van der Waals surface area (Å²) in [5.41, 5.74) is 0.406. The van der Waals surface area contributed by atoms with E-state index in [1.807, 2.05) is 6.07 Å². The van der Waals surface area contributed by atoms with Crippen molar-refractivity contribution in [3.05, 3.63) is 101 Å². The number of aliphatic carboxylic acids is 1. The van der Waals surface area contributed by atoms with Gasteiger partial charge in [-0.15, -0.1) is 0 Å². The minimum atomic E-state index is -1.51. The Morgan fingerprint density at radius 3 is 1.90 bits per heavy atom. The van der Waals surface area contributed by atoms with Crippen molar-refractivity contribution in [1.29, 1.82) is 0 Å². The van der Waals surface area contributed by atoms with E-state index in [1.54, 1.807) is 55.5 Å². The van der Waals surface area contributed by atoms with Crippen molar-refractivity contribution >= 4 is 17.7 Å². The first-order chi connectivity index (χ1) is 14.8. The minimum absolute atomic E-state index is 0.0649. The number of hydrogen-bond donors (Lipinski definition) is 3. The van der Waals surface area contributed by atoms with Crippen LogP contribution in [0.1, 0.15) is 45.2 Å². The van der Waals surface area contributed by atoms with Crippen LogP contribution in [0.15, 0.2) is 78.9 Å². The Kier molecular flexibility index (Phi) is 6.50. The Labute approximate surface area is 180 Å². The molecule has 0 saturated heterocycles. The van der Waals surface area contributed by atoms with Gasteiger partial charge in [-0.3, -0.25) is 9.59 Å². The molecule has 1 amide bonds. The van der Waals surface area contributed by atoms with Gasteiger partial charge in [0, 0.05) is 23.1 Å². The second-order valence-electron chi connectivity index (χ2n) is 7.31. The number of hydrogen-bond acceptors (Lipinski definition) is 4. The molecule has 0 spiro atoms. The van der Waals surface area contributed by atoms with Gasteiger partial charge in [-0.1, -0.05) is 61.5 Å². The number of rotatable bonds is 8. The van der Waals surface area contributed by atoms with Crippen molar-refractivity contribution in [2.45, 2.75) is 25.3 Å². The van der Waals surface area contributed by atoms with Crippen LogP contribution in [-0.2, 0) is 11.2 Å². The van der Waals surface area contributed by atoms with E-state index >= 15 is 0 Å². The van der Waals surface area contributed by atoms with Gasteiger partial charge in [0.15, 0.2) is 5.78 Å². The number of carbonyl (C=O) groups is 3. The molecule has 0 radical (unpaired) electrons. The summed E-state index contributed by atoms with van der Waals surface area (Å²) in [5, 5.41) is 22.0. The Bertz CT molecular complexity index is 1080. The molecular weight excluding hydrogens is 394 g/mol. The highest BCUT2D eigenvalue weighted by molar-refractivity contribution is 6.09. The predicted octanol–water partition coefficient (Wildman–Crippen LogP) is 3.83. The van der Waals surface area contributed by atoms with E-state index in [0.29, 0.717) is 16.7 Å². The van der Waals surface area contributed by atoms with Crippen LogP contribution in [0.25, 0.3) is 0 Å². The number of benzene rings is 3. The van der Waals surface area contributed by atoms with Crippen LogP contribution in [-0.4, -0.2) is 33.4 Å². The van der Waals surface area contributed by atoms with Gasteiger partial charge in [0.05, 0.1) is 0 Å². The largest absolute Gasteiger partial charge is 0.508 e. The molecule has 0 aromatic heterocycles. The highest BCUT2D eigenvalue weighted by Crippen LogP contribution is 2.21. The average molecular weight is 417 g/mol. The van der Waals surface area contributed by atoms with Crippen LogP contribution in [0.5, 0.6) is 5.75 Å². The van der Waals surface area contributed by atoms with Crippen molar-refractivity contribution in [3.63, 3.8) is 0 Å². The molecule has 3 N–H and O–H groups in total. The molecule has 0 heterocycles. The smallest absolute Gasteiger partial charge is 0.329 e. The minimum Gasteiger partial charge on any atom is -0.508 e. The Balaban J connectivity index is 1.79. The highest BCUT2D eigenvalue weighted by atomic mass is 16.4. The summed E-state index contributed by atoms with van der Waals surface area (Å²) < 4.78 is 0. The molecule has 0 fully saturated rings. The van der Waals surface area contributed by atoms with Gasteiger partial charge < -0.3 is 15.5 Å². The Hall–Kier alpha value is -3.93. The quantitative estimate of drug-likeness (QED) is 0.483. The molecule has 31 heavy (non-hydrogen) atoms. The molecular formula is C25H23NO5. The lowest BCUT2D eigenvalue weighted by Gasteiger charge is -2.29. The van der Waals surface area contributed by atoms with Gasteiger partial charge in [0.2, 0.25) is 0 Å². The molecule has 0 bridgehead atoms. The third-order valence-corrected chi connectivity index (χ3v) is 5.25. The van der Waals surface area contributed by atoms with Crippen LogP contribution in [0.2, 0.25) is 0 Å². The van der Waals surface area contributed by atoms with E-state index in [1.165, 1.54) is 24.3 Å². The number of carboxylic acids is 1. The standard InChI is InChI=1S/C25H23NO5/c1-2-25(24(30)31,16-17-8-14-21(27)15-9-17)26-23(29)20-12-10-19(11-13-20)22(28)18-6-4-3-5-7-18/h3-15,27H,2,16H2,1H3,(H,26,29)(H,30,31)/t25-/m0/s1. The molecule has 3 aromatic carbocycles. The highest BCUT2D eigenvalue weighted by Gasteiger charge is 2.38. The van der Waals surface area contributed by atoms with Crippen LogP contribution in [0.4, 0.5) is 0 Å². The lowest BCUT2D eigenvalue weighted by molar-refractivity contribution is -0.144. The van der Waals surface area contributed by atoms with Crippen LogP contribution >= 0.6 is 0 Å². The van der Waals surface area contributed by atoms with Crippen LogP contribution in [0, 0.1) is 0 Å². The number of phenolic OH excluding ortho intramolecular Hbond substituents is 1. The number of carbonyl (C=O) groups excluding carboxylic acids is 2. The summed E-state index contributed by atoms with van der Waals surface area (Å²) in [5.74, 6) is -1.77. The van der Waals surface area contributed by atoms with Crippen molar-refractivity contribution in [2.75, 3.05) is 0 Å². The van der Waals surface area contributed by atoms with Crippen LogP contribution in [0.3, 0.4) is 0 Å². The first-order valence-corrected chi connectivity index (χ1v) is 9.88. The van der Waals surface area contributed by atoms with E-state index in [9.17, 15) is 24.6 Å². The Morgan fingerprint density at radius 2 is 1.35 bits per heavy atom. The molecule has 6 heteroatoms. The fraction of sp³-hybridized carbons (Fsp3) is 0.160. The van der Waals surface area contributed by atoms with E-state index in [4.69, 9.17) is 0 Å². The SMILES string of the molecule is CC[C@@](Cc1ccc(O)cc1)(NC(=O)c1ccc(C(=O)c2ccccc2)cc1)C(=O)O. The topological polar surface area (TPSA) is 104 Å². The molecule has 0 aliphatic carbocycles. The second kappa shape index (κ2) is 9.26. The summed E-state index contributed by atoms with van der Waals surface area (Å²) in [6.07, 6.45) is 0.231. The van der Waals surface area contributed by atoms with Gasteiger partial charge in [-0.25, -0.2) is 4.79 Å². The fourth-order valence-corrected chi connectivity index (χ4v) is 3.32. The summed E-state index contributed by atoms with van der Waals surface area (Å²) >= 11 is 0. The lowest BCUT2D eigenvalue weighted by atomic mass is 9.87. The molecule has 3 aromatic rings. The van der Waals surface area contributed by atoms with Gasteiger partial charge >= 0.3 is 5.97 Å². The van der Waals surface area contributed by atoms with E-state index < -0.39 is 17.4 Å². The molecule has 0 aliphatic rings. The summed E-state index contributed by atoms with van der Waals surface area (Å²) in [4.78, 5) is 37.4. The van der Waals surface area contributed by atoms with Gasteiger partial charge in [-0.05, 0) is 36.2 Å². The number of amides is 1. The van der Waals surface area contributed by atoms with Crippen molar-refractivity contribution in [2.24, 2.45) is 0 Å². The van der Waals surface area contributed by atoms with E-state index in [2.05, 4.69) is 5.32 Å². The fourth-order valence-electron chi connectivity index (χ4n) is 3.32. The zero-order valence-electron chi connectivity index (χ0n) is 17.0. The Morgan fingerprint density at radius 1 is 0.806 bits per heavy atom. The zero-order chi connectivity index (χ0) is 22.4. The summed E-state index contributed by atoms with van der Waals surface area (Å²) in [6, 6.07) is 21.1. The third-order valence-electron chi connectivity index (χ3n) is 5.25. The molecule has 0 unspecified atom stereocenters. The molecule has 158 valence electrons. The number of aromatic hydroxyl groups is 1. The molecule has 0 aliphatic heterocycles. The van der Waals surface area contributed by atoms with Crippen molar-refractivity contribution in [1.82, 2.24) is 5.32 Å². The molecule has 3 rings (SSSR count). The third kappa shape index (κ3) is 4.98. The molecule has 0 saturated carbocycles. The number of carboxylic acid groups (broad SMARTS) is 1. The molecule has 1 atom stereocenters. The van der Waals surface area contributed by atoms with E-state index in [0.717, 1.165) is 0 Å². The van der Waals surface area contributed by atoms with Crippen molar-refractivity contribution < 1.29 is 24.6 Å². The van der Waals surface area contributed by atoms with Crippen molar-refractivity contribution in [3.8, 4) is 5.75 Å².